The molecule has 0 aromatic heterocycles. The lowest BCUT2D eigenvalue weighted by Gasteiger charge is -2.20. The molecule has 0 fully saturated rings. The van der Waals surface area contributed by atoms with Crippen LogP contribution in [0.3, 0.4) is 0 Å². The van der Waals surface area contributed by atoms with E-state index in [9.17, 15) is 0 Å². The number of rotatable bonds is 17. The summed E-state index contributed by atoms with van der Waals surface area (Å²) < 4.78 is 0. The molecule has 1 rings (SSSR count). The van der Waals surface area contributed by atoms with Crippen molar-refractivity contribution in [3.05, 3.63) is 35.9 Å². The number of unbranched alkanes of at least 4 members (excludes halogenated alkanes) is 10. The lowest BCUT2D eigenvalue weighted by molar-refractivity contribution is -0.900. The predicted octanol–water partition coefficient (Wildman–Crippen LogP) is 2.84. The Bertz CT molecular complexity index is 363. The van der Waals surface area contributed by atoms with Gasteiger partial charge in [-0.2, -0.15) is 0 Å². The van der Waals surface area contributed by atoms with E-state index < -0.39 is 0 Å². The summed E-state index contributed by atoms with van der Waals surface area (Å²) in [6, 6.07) is 11.0. The molecule has 0 heterocycles. The third-order valence-electron chi connectivity index (χ3n) is 5.38. The monoisotopic (exact) mass is 381 g/mol. The molecule has 1 N–H and O–H groups in total. The zero-order valence-corrected chi connectivity index (χ0v) is 18.3. The minimum absolute atomic E-state index is 0. The zero-order chi connectivity index (χ0) is 18.0. The van der Waals surface area contributed by atoms with Crippen molar-refractivity contribution in [3.8, 4) is 0 Å². The van der Waals surface area contributed by atoms with Crippen LogP contribution in [0.15, 0.2) is 30.3 Å². The zero-order valence-electron chi connectivity index (χ0n) is 17.6. The molecule has 0 atom stereocenters. The summed E-state index contributed by atoms with van der Waals surface area (Å²) in [6.07, 6.45) is 18.3. The van der Waals surface area contributed by atoms with Gasteiger partial charge in [0.05, 0.1) is 19.6 Å². The van der Waals surface area contributed by atoms with Gasteiger partial charge in [0.25, 0.3) is 0 Å². The molecule has 0 unspecified atom stereocenters. The third kappa shape index (κ3) is 14.6. The Morgan fingerprint density at radius 3 is 1.54 bits per heavy atom. The van der Waals surface area contributed by atoms with Gasteiger partial charge < -0.3 is 17.3 Å². The maximum atomic E-state index is 2.30. The van der Waals surface area contributed by atoms with E-state index in [1.165, 1.54) is 109 Å². The Balaban J connectivity index is 0.00000625. The van der Waals surface area contributed by atoms with E-state index in [0.29, 0.717) is 0 Å². The Kier molecular flexibility index (Phi) is 18.8. The van der Waals surface area contributed by atoms with Crippen molar-refractivity contribution >= 4 is 0 Å². The minimum Gasteiger partial charge on any atom is -1.00 e. The van der Waals surface area contributed by atoms with Gasteiger partial charge in [-0.25, -0.2) is 0 Å². The standard InChI is InChI=1S/C24H43N.ClH/c1-3-5-7-9-11-16-21-25(22-17-12-10-8-6-4-2)23-20-24-18-14-13-15-19-24;/h13-15,18-19H,3-12,16-17,20-23H2,1-2H3;1H. The van der Waals surface area contributed by atoms with E-state index in [4.69, 9.17) is 0 Å². The fourth-order valence-corrected chi connectivity index (χ4v) is 3.65. The van der Waals surface area contributed by atoms with Crippen LogP contribution in [0.2, 0.25) is 0 Å². The van der Waals surface area contributed by atoms with Gasteiger partial charge in [-0.05, 0) is 31.2 Å². The lowest BCUT2D eigenvalue weighted by atomic mass is 10.1. The number of benzene rings is 1. The highest BCUT2D eigenvalue weighted by atomic mass is 35.5. The summed E-state index contributed by atoms with van der Waals surface area (Å²) in [5, 5.41) is 0. The molecule has 0 aliphatic rings. The molecule has 2 heteroatoms. The van der Waals surface area contributed by atoms with Gasteiger partial charge in [0.15, 0.2) is 0 Å². The summed E-state index contributed by atoms with van der Waals surface area (Å²) in [5.41, 5.74) is 1.51. The quantitative estimate of drug-likeness (QED) is 0.396. The fraction of sp³-hybridized carbons (Fsp3) is 0.750. The topological polar surface area (TPSA) is 4.44 Å². The minimum atomic E-state index is 0. The Labute approximate surface area is 170 Å². The van der Waals surface area contributed by atoms with Crippen LogP contribution in [0.5, 0.6) is 0 Å². The molecule has 0 spiro atoms. The van der Waals surface area contributed by atoms with Crippen molar-refractivity contribution in [2.45, 2.75) is 97.3 Å². The summed E-state index contributed by atoms with van der Waals surface area (Å²) in [6.45, 7) is 8.68. The van der Waals surface area contributed by atoms with Gasteiger partial charge in [0.2, 0.25) is 0 Å². The number of hydrogen-bond acceptors (Lipinski definition) is 0. The van der Waals surface area contributed by atoms with Gasteiger partial charge in [0, 0.05) is 6.42 Å². The largest absolute Gasteiger partial charge is 1.00 e. The molecule has 152 valence electrons. The van der Waals surface area contributed by atoms with Crippen LogP contribution in [-0.4, -0.2) is 19.6 Å². The van der Waals surface area contributed by atoms with E-state index in [0.717, 1.165) is 0 Å². The summed E-state index contributed by atoms with van der Waals surface area (Å²) in [5.74, 6) is 0. The van der Waals surface area contributed by atoms with Crippen LogP contribution in [-0.2, 0) is 6.42 Å². The smallest absolute Gasteiger partial charge is 0.0811 e. The molecule has 0 bridgehead atoms. The molecule has 0 aliphatic carbocycles. The van der Waals surface area contributed by atoms with E-state index in [-0.39, 0.29) is 12.4 Å². The highest BCUT2D eigenvalue weighted by Crippen LogP contribution is 2.05. The van der Waals surface area contributed by atoms with Crippen LogP contribution in [0.1, 0.15) is 96.5 Å². The molecule has 0 aliphatic heterocycles. The molecule has 1 aromatic carbocycles. The summed E-state index contributed by atoms with van der Waals surface area (Å²) in [4.78, 5) is 1.84. The summed E-state index contributed by atoms with van der Waals surface area (Å²) >= 11 is 0. The van der Waals surface area contributed by atoms with Crippen molar-refractivity contribution < 1.29 is 17.3 Å². The van der Waals surface area contributed by atoms with Crippen LogP contribution in [0.4, 0.5) is 0 Å². The van der Waals surface area contributed by atoms with E-state index >= 15 is 0 Å². The van der Waals surface area contributed by atoms with Gasteiger partial charge in [0.1, 0.15) is 0 Å². The van der Waals surface area contributed by atoms with Crippen molar-refractivity contribution in [2.75, 3.05) is 19.6 Å². The van der Waals surface area contributed by atoms with Gasteiger partial charge in [-0.3, -0.25) is 0 Å². The van der Waals surface area contributed by atoms with Crippen LogP contribution in [0, 0.1) is 0 Å². The number of quaternary nitrogens is 1. The predicted molar refractivity (Wildman–Crippen MR) is 112 cm³/mol. The molecule has 1 aromatic rings. The summed E-state index contributed by atoms with van der Waals surface area (Å²) in [7, 11) is 0. The van der Waals surface area contributed by atoms with E-state index in [1.807, 2.05) is 4.90 Å². The van der Waals surface area contributed by atoms with E-state index in [1.54, 1.807) is 0 Å². The second kappa shape index (κ2) is 19.2. The second-order valence-electron chi connectivity index (χ2n) is 7.77. The third-order valence-corrected chi connectivity index (χ3v) is 5.38. The lowest BCUT2D eigenvalue weighted by Crippen LogP contribution is -3.12. The Morgan fingerprint density at radius 1 is 0.577 bits per heavy atom. The highest BCUT2D eigenvalue weighted by molar-refractivity contribution is 5.14. The van der Waals surface area contributed by atoms with Crippen molar-refractivity contribution in [3.63, 3.8) is 0 Å². The normalized spacial score (nSPS) is 10.9. The average molecular weight is 382 g/mol. The molecule has 0 saturated heterocycles. The highest BCUT2D eigenvalue weighted by Gasteiger charge is 2.08. The first-order valence-corrected chi connectivity index (χ1v) is 11.2. The maximum Gasteiger partial charge on any atom is 0.0811 e. The fourth-order valence-electron chi connectivity index (χ4n) is 3.65. The average Bonchev–Trinajstić information content (AvgIpc) is 2.65. The Morgan fingerprint density at radius 2 is 1.04 bits per heavy atom. The van der Waals surface area contributed by atoms with Gasteiger partial charge in [-0.15, -0.1) is 0 Å². The molecule has 0 saturated carbocycles. The number of nitrogens with one attached hydrogen (secondary N) is 1. The molecular formula is C24H44ClN. The SMILES string of the molecule is CCCCCCCC[NH+](CCCCCCCC)CCc1ccccc1.[Cl-]. The van der Waals surface area contributed by atoms with E-state index in [2.05, 4.69) is 44.2 Å². The second-order valence-corrected chi connectivity index (χ2v) is 7.77. The first-order valence-electron chi connectivity index (χ1n) is 11.2. The molecule has 0 radical (unpaired) electrons. The first kappa shape index (κ1) is 25.5. The van der Waals surface area contributed by atoms with Gasteiger partial charge >= 0.3 is 0 Å². The molecular weight excluding hydrogens is 338 g/mol. The van der Waals surface area contributed by atoms with Crippen LogP contribution in [0.25, 0.3) is 0 Å². The molecule has 26 heavy (non-hydrogen) atoms. The van der Waals surface area contributed by atoms with Crippen molar-refractivity contribution in [2.24, 2.45) is 0 Å². The maximum absolute atomic E-state index is 2.30. The Hall–Kier alpha value is -0.530. The van der Waals surface area contributed by atoms with Gasteiger partial charge in [-0.1, -0.05) is 95.5 Å². The number of halogens is 1. The van der Waals surface area contributed by atoms with Crippen molar-refractivity contribution in [1.82, 2.24) is 0 Å². The van der Waals surface area contributed by atoms with Crippen LogP contribution >= 0.6 is 0 Å². The first-order chi connectivity index (χ1) is 12.4. The van der Waals surface area contributed by atoms with Crippen molar-refractivity contribution in [1.29, 1.82) is 0 Å². The molecule has 1 nitrogen and oxygen atoms in total. The number of hydrogen-bond donors (Lipinski definition) is 1. The van der Waals surface area contributed by atoms with Crippen LogP contribution < -0.4 is 17.3 Å². The molecule has 0 amide bonds.